The molecule has 1 amide bonds. The molecular weight excluding hydrogens is 478 g/mol. The van der Waals surface area contributed by atoms with Crippen LogP contribution in [0.1, 0.15) is 37.3 Å². The molecule has 2 saturated heterocycles. The average molecular weight is 512 g/mol. The molecule has 3 aromatic rings. The Balaban J connectivity index is 1.22. The van der Waals surface area contributed by atoms with E-state index in [9.17, 15) is 4.79 Å². The van der Waals surface area contributed by atoms with Gasteiger partial charge in [-0.25, -0.2) is 9.97 Å². The lowest BCUT2D eigenvalue weighted by Crippen LogP contribution is -2.60. The number of nitrogens with two attached hydrogens (primary N) is 1. The summed E-state index contributed by atoms with van der Waals surface area (Å²) in [6.45, 7) is 5.79. The quantitative estimate of drug-likeness (QED) is 0.426. The predicted octanol–water partition coefficient (Wildman–Crippen LogP) is 2.88. The van der Waals surface area contributed by atoms with Crippen LogP contribution in [0.3, 0.4) is 0 Å². The highest BCUT2D eigenvalue weighted by Crippen LogP contribution is 2.29. The Bertz CT molecular complexity index is 1150. The number of aromatic amines is 1. The van der Waals surface area contributed by atoms with E-state index < -0.39 is 5.54 Å². The Morgan fingerprint density at radius 1 is 1.14 bits per heavy atom. The normalized spacial score (nSPS) is 19.3. The van der Waals surface area contributed by atoms with Crippen molar-refractivity contribution in [3.05, 3.63) is 53.4 Å². The summed E-state index contributed by atoms with van der Waals surface area (Å²) >= 11 is 6.12. The number of nitrogens with zero attached hydrogens (tertiary/aromatic N) is 4. The maximum Gasteiger partial charge on any atom is 0.240 e. The number of nitrogens with one attached hydrogen (secondary N) is 2. The molecule has 1 unspecified atom stereocenters. The number of morpholine rings is 1. The van der Waals surface area contributed by atoms with Gasteiger partial charge in [-0.3, -0.25) is 9.69 Å². The van der Waals surface area contributed by atoms with Gasteiger partial charge in [-0.15, -0.1) is 0 Å². The highest BCUT2D eigenvalue weighted by Gasteiger charge is 2.39. The van der Waals surface area contributed by atoms with E-state index in [1.165, 1.54) is 0 Å². The maximum absolute atomic E-state index is 13.5. The van der Waals surface area contributed by atoms with E-state index in [2.05, 4.69) is 30.1 Å². The van der Waals surface area contributed by atoms with Gasteiger partial charge in [0.2, 0.25) is 5.91 Å². The third kappa shape index (κ3) is 5.64. The average Bonchev–Trinajstić information content (AvgIpc) is 3.39. The first kappa shape index (κ1) is 25.0. The molecule has 4 N–H and O–H groups in total. The number of amides is 1. The fourth-order valence-electron chi connectivity index (χ4n) is 5.12. The number of carbonyl (C=O) groups excluding carboxylic acids is 1. The van der Waals surface area contributed by atoms with Crippen LogP contribution in [-0.4, -0.2) is 77.2 Å². The highest BCUT2D eigenvalue weighted by atomic mass is 35.5. The van der Waals surface area contributed by atoms with Crippen molar-refractivity contribution in [1.82, 2.24) is 25.2 Å². The molecule has 2 aliphatic heterocycles. The zero-order valence-corrected chi connectivity index (χ0v) is 21.2. The number of fused-ring (bicyclic) bond motifs is 1. The maximum atomic E-state index is 13.5. The summed E-state index contributed by atoms with van der Waals surface area (Å²) in [5, 5.41) is 4.94. The number of aromatic nitrogens is 3. The molecule has 2 aromatic heterocycles. The molecular formula is C26H34ClN7O2. The van der Waals surface area contributed by atoms with Crippen LogP contribution < -0.4 is 16.0 Å². The third-order valence-corrected chi connectivity index (χ3v) is 7.64. The van der Waals surface area contributed by atoms with Crippen molar-refractivity contribution in [2.75, 3.05) is 50.8 Å². The summed E-state index contributed by atoms with van der Waals surface area (Å²) in [7, 11) is 0. The first-order valence-corrected chi connectivity index (χ1v) is 13.1. The minimum Gasteiger partial charge on any atom is -0.379 e. The Labute approximate surface area is 216 Å². The molecule has 5 rings (SSSR count). The van der Waals surface area contributed by atoms with Crippen LogP contribution in [-0.2, 0) is 9.53 Å². The molecule has 1 aromatic carbocycles. The van der Waals surface area contributed by atoms with Crippen LogP contribution in [0, 0.1) is 0 Å². The Hall–Kier alpha value is -2.72. The van der Waals surface area contributed by atoms with Gasteiger partial charge in [0.1, 0.15) is 17.8 Å². The number of piperidine rings is 1. The fraction of sp³-hybridized carbons (Fsp3) is 0.500. The predicted molar refractivity (Wildman–Crippen MR) is 141 cm³/mol. The van der Waals surface area contributed by atoms with Gasteiger partial charge in [0.25, 0.3) is 0 Å². The Morgan fingerprint density at radius 2 is 1.89 bits per heavy atom. The van der Waals surface area contributed by atoms with Gasteiger partial charge < -0.3 is 25.7 Å². The lowest BCUT2D eigenvalue weighted by molar-refractivity contribution is -0.128. The smallest absolute Gasteiger partial charge is 0.240 e. The summed E-state index contributed by atoms with van der Waals surface area (Å²) in [4.78, 5) is 30.0. The van der Waals surface area contributed by atoms with E-state index in [4.69, 9.17) is 22.1 Å². The summed E-state index contributed by atoms with van der Waals surface area (Å²) in [6, 6.07) is 9.59. The zero-order chi connectivity index (χ0) is 25.0. The highest BCUT2D eigenvalue weighted by molar-refractivity contribution is 6.30. The summed E-state index contributed by atoms with van der Waals surface area (Å²) in [6.07, 6.45) is 6.34. The second kappa shape index (κ2) is 11.1. The summed E-state index contributed by atoms with van der Waals surface area (Å²) in [5.41, 5.74) is 7.65. The van der Waals surface area contributed by atoms with E-state index in [0.717, 1.165) is 68.1 Å². The number of benzene rings is 1. The summed E-state index contributed by atoms with van der Waals surface area (Å²) < 4.78 is 5.45. The van der Waals surface area contributed by atoms with Gasteiger partial charge >= 0.3 is 0 Å². The molecule has 0 spiro atoms. The first-order valence-electron chi connectivity index (χ1n) is 12.7. The van der Waals surface area contributed by atoms with Crippen molar-refractivity contribution in [1.29, 1.82) is 0 Å². The standard InChI is InChI=1S/C26H34ClN7O2/c27-20-5-3-19(4-6-20)22(2-1-11-33-14-16-36-17-15-33)32-25(35)26(28)8-12-34(13-9-26)24-21-7-10-29-23(21)30-18-31-24/h3-7,10,18,22H,1-2,8-9,11-17,28H2,(H,32,35)(H,29,30,31). The number of anilines is 1. The molecule has 1 atom stereocenters. The number of hydrogen-bond acceptors (Lipinski definition) is 7. The molecule has 0 saturated carbocycles. The Kier molecular flexibility index (Phi) is 7.71. The second-order valence-corrected chi connectivity index (χ2v) is 10.2. The van der Waals surface area contributed by atoms with Gasteiger partial charge in [-0.1, -0.05) is 23.7 Å². The molecule has 0 radical (unpaired) electrons. The first-order chi connectivity index (χ1) is 17.5. The summed E-state index contributed by atoms with van der Waals surface area (Å²) in [5.74, 6) is 0.786. The van der Waals surface area contributed by atoms with Crippen LogP contribution in [0.25, 0.3) is 11.0 Å². The monoisotopic (exact) mass is 511 g/mol. The van der Waals surface area contributed by atoms with Crippen LogP contribution in [0.2, 0.25) is 5.02 Å². The van der Waals surface area contributed by atoms with Crippen LogP contribution in [0.15, 0.2) is 42.9 Å². The molecule has 9 nitrogen and oxygen atoms in total. The number of H-pyrrole nitrogens is 1. The molecule has 36 heavy (non-hydrogen) atoms. The van der Waals surface area contributed by atoms with E-state index in [-0.39, 0.29) is 11.9 Å². The van der Waals surface area contributed by atoms with Crippen molar-refractivity contribution in [2.24, 2.45) is 5.73 Å². The number of carbonyl (C=O) groups is 1. The van der Waals surface area contributed by atoms with Crippen molar-refractivity contribution in [3.8, 4) is 0 Å². The van der Waals surface area contributed by atoms with Gasteiger partial charge in [0, 0.05) is 37.4 Å². The van der Waals surface area contributed by atoms with Crippen molar-refractivity contribution in [3.63, 3.8) is 0 Å². The van der Waals surface area contributed by atoms with Crippen molar-refractivity contribution >= 4 is 34.4 Å². The lowest BCUT2D eigenvalue weighted by Gasteiger charge is -2.39. The second-order valence-electron chi connectivity index (χ2n) is 9.75. The lowest BCUT2D eigenvalue weighted by atomic mass is 9.86. The molecule has 0 bridgehead atoms. The molecule has 2 aliphatic rings. The van der Waals surface area contributed by atoms with Crippen LogP contribution >= 0.6 is 11.6 Å². The van der Waals surface area contributed by atoms with E-state index in [1.807, 2.05) is 36.5 Å². The molecule has 192 valence electrons. The number of ether oxygens (including phenoxy) is 1. The minimum atomic E-state index is -0.921. The largest absolute Gasteiger partial charge is 0.379 e. The molecule has 4 heterocycles. The van der Waals surface area contributed by atoms with Crippen molar-refractivity contribution in [2.45, 2.75) is 37.3 Å². The minimum absolute atomic E-state index is 0.0945. The molecule has 0 aliphatic carbocycles. The van der Waals surface area contributed by atoms with Gasteiger partial charge in [0.15, 0.2) is 0 Å². The van der Waals surface area contributed by atoms with E-state index in [0.29, 0.717) is 31.0 Å². The van der Waals surface area contributed by atoms with E-state index >= 15 is 0 Å². The van der Waals surface area contributed by atoms with Crippen LogP contribution in [0.5, 0.6) is 0 Å². The third-order valence-electron chi connectivity index (χ3n) is 7.39. The van der Waals surface area contributed by atoms with Gasteiger partial charge in [0.05, 0.1) is 30.2 Å². The Morgan fingerprint density at radius 3 is 2.64 bits per heavy atom. The van der Waals surface area contributed by atoms with E-state index in [1.54, 1.807) is 6.33 Å². The number of hydrogen-bond donors (Lipinski definition) is 3. The number of halogens is 1. The SMILES string of the molecule is NC1(C(=O)NC(CCCN2CCOCC2)c2ccc(Cl)cc2)CCN(c2ncnc3[nH]ccc23)CC1. The fourth-order valence-corrected chi connectivity index (χ4v) is 5.24. The van der Waals surface area contributed by atoms with Gasteiger partial charge in [-0.2, -0.15) is 0 Å². The zero-order valence-electron chi connectivity index (χ0n) is 20.5. The van der Waals surface area contributed by atoms with Crippen LogP contribution in [0.4, 0.5) is 5.82 Å². The number of rotatable bonds is 8. The molecule has 10 heteroatoms. The topological polar surface area (TPSA) is 112 Å². The van der Waals surface area contributed by atoms with Gasteiger partial charge in [-0.05, 0) is 56.0 Å². The van der Waals surface area contributed by atoms with Crippen molar-refractivity contribution < 1.29 is 9.53 Å². The molecule has 2 fully saturated rings.